The van der Waals surface area contributed by atoms with Crippen LogP contribution in [0.25, 0.3) is 11.5 Å². The largest absolute Gasteiger partial charge is 0.478 e. The number of carboxylic acid groups (broad SMARTS) is 1. The number of hydrogen-bond donors (Lipinski definition) is 1. The summed E-state index contributed by atoms with van der Waals surface area (Å²) >= 11 is 1.59. The molecule has 0 aliphatic rings. The van der Waals surface area contributed by atoms with Gasteiger partial charge in [0, 0.05) is 11.4 Å². The van der Waals surface area contributed by atoms with Crippen molar-refractivity contribution in [2.24, 2.45) is 5.92 Å². The van der Waals surface area contributed by atoms with Gasteiger partial charge in [0.15, 0.2) is 5.76 Å². The molecule has 0 saturated carbocycles. The van der Waals surface area contributed by atoms with Gasteiger partial charge in [-0.05, 0) is 18.8 Å². The Kier molecular flexibility index (Phi) is 3.81. The summed E-state index contributed by atoms with van der Waals surface area (Å²) in [5.74, 6) is 0.180. The van der Waals surface area contributed by atoms with Gasteiger partial charge < -0.3 is 9.52 Å². The molecule has 0 bridgehead atoms. The highest BCUT2D eigenvalue weighted by atomic mass is 32.1. The summed E-state index contributed by atoms with van der Waals surface area (Å²) in [7, 11) is 0. The maximum Gasteiger partial charge on any atom is 0.338 e. The molecule has 0 atom stereocenters. The number of thiazole rings is 1. The molecule has 4 nitrogen and oxygen atoms in total. The second-order valence-electron chi connectivity index (χ2n) is 4.56. The molecule has 5 heteroatoms. The maximum atomic E-state index is 10.8. The van der Waals surface area contributed by atoms with Crippen LogP contribution in [-0.2, 0) is 6.42 Å². The van der Waals surface area contributed by atoms with Crippen molar-refractivity contribution in [3.8, 4) is 11.5 Å². The molecule has 0 unspecified atom stereocenters. The molecule has 0 aromatic carbocycles. The molecular formula is C13H15NO3S. The van der Waals surface area contributed by atoms with Crippen molar-refractivity contribution in [1.82, 2.24) is 4.98 Å². The second kappa shape index (κ2) is 5.35. The average Bonchev–Trinajstić information content (AvgIpc) is 2.95. The summed E-state index contributed by atoms with van der Waals surface area (Å²) in [5.41, 5.74) is 0.869. The van der Waals surface area contributed by atoms with Crippen LogP contribution in [0, 0.1) is 5.92 Å². The van der Waals surface area contributed by atoms with Crippen LogP contribution in [0.4, 0.5) is 0 Å². The third-order valence-corrected chi connectivity index (χ3v) is 3.49. The van der Waals surface area contributed by atoms with E-state index in [0.717, 1.165) is 17.8 Å². The summed E-state index contributed by atoms with van der Waals surface area (Å²) in [5, 5.41) is 11.8. The Labute approximate surface area is 109 Å². The van der Waals surface area contributed by atoms with Crippen LogP contribution in [0.1, 0.15) is 35.6 Å². The van der Waals surface area contributed by atoms with Crippen LogP contribution in [0.2, 0.25) is 0 Å². The third-order valence-electron chi connectivity index (χ3n) is 2.59. The van der Waals surface area contributed by atoms with Crippen molar-refractivity contribution in [2.75, 3.05) is 0 Å². The van der Waals surface area contributed by atoms with Gasteiger partial charge in [-0.25, -0.2) is 9.78 Å². The zero-order valence-electron chi connectivity index (χ0n) is 10.3. The normalized spacial score (nSPS) is 11.1. The van der Waals surface area contributed by atoms with Crippen molar-refractivity contribution in [1.29, 1.82) is 0 Å². The number of aryl methyl sites for hydroxylation is 1. The molecule has 0 aliphatic carbocycles. The Bertz CT molecular complexity index is 542. The van der Waals surface area contributed by atoms with Crippen LogP contribution in [-0.4, -0.2) is 16.1 Å². The van der Waals surface area contributed by atoms with E-state index in [1.165, 1.54) is 12.3 Å². The molecule has 2 aromatic heterocycles. The molecule has 0 fully saturated rings. The minimum atomic E-state index is -0.986. The van der Waals surface area contributed by atoms with Gasteiger partial charge in [-0.3, -0.25) is 0 Å². The van der Waals surface area contributed by atoms with Crippen molar-refractivity contribution in [3.63, 3.8) is 0 Å². The lowest BCUT2D eigenvalue weighted by Gasteiger charge is -2.00. The summed E-state index contributed by atoms with van der Waals surface area (Å²) in [6, 6.07) is 1.50. The monoisotopic (exact) mass is 265 g/mol. The highest BCUT2D eigenvalue weighted by molar-refractivity contribution is 7.09. The molecule has 1 N–H and O–H groups in total. The first-order chi connectivity index (χ1) is 8.56. The Balaban J connectivity index is 2.11. The van der Waals surface area contributed by atoms with Gasteiger partial charge in [-0.15, -0.1) is 11.3 Å². The van der Waals surface area contributed by atoms with Gasteiger partial charge in [0.1, 0.15) is 12.0 Å². The van der Waals surface area contributed by atoms with Crippen molar-refractivity contribution in [2.45, 2.75) is 26.7 Å². The van der Waals surface area contributed by atoms with Gasteiger partial charge in [0.05, 0.1) is 10.6 Å². The molecular weight excluding hydrogens is 250 g/mol. The molecule has 2 heterocycles. The van der Waals surface area contributed by atoms with Crippen molar-refractivity contribution >= 4 is 17.3 Å². The molecule has 2 aromatic rings. The van der Waals surface area contributed by atoms with Gasteiger partial charge in [0.25, 0.3) is 0 Å². The Morgan fingerprint density at radius 3 is 2.94 bits per heavy atom. The van der Waals surface area contributed by atoms with E-state index in [9.17, 15) is 4.79 Å². The Morgan fingerprint density at radius 2 is 2.33 bits per heavy atom. The molecule has 0 aliphatic heterocycles. The van der Waals surface area contributed by atoms with Crippen LogP contribution in [0.5, 0.6) is 0 Å². The van der Waals surface area contributed by atoms with Gasteiger partial charge in [0.2, 0.25) is 0 Å². The summed E-state index contributed by atoms with van der Waals surface area (Å²) in [6.07, 6.45) is 3.30. The van der Waals surface area contributed by atoms with Crippen LogP contribution in [0.15, 0.2) is 22.1 Å². The number of aromatic carboxylic acids is 1. The summed E-state index contributed by atoms with van der Waals surface area (Å²) in [4.78, 5) is 15.2. The number of carbonyl (C=O) groups is 1. The number of furan rings is 1. The molecule has 96 valence electrons. The fraction of sp³-hybridized carbons (Fsp3) is 0.385. The third kappa shape index (κ3) is 2.98. The zero-order valence-corrected chi connectivity index (χ0v) is 11.2. The predicted molar refractivity (Wildman–Crippen MR) is 69.9 cm³/mol. The van der Waals surface area contributed by atoms with Gasteiger partial charge in [-0.2, -0.15) is 0 Å². The van der Waals surface area contributed by atoms with E-state index in [1.54, 1.807) is 11.3 Å². The maximum absolute atomic E-state index is 10.8. The fourth-order valence-corrected chi connectivity index (χ4v) is 2.34. The quantitative estimate of drug-likeness (QED) is 0.895. The van der Waals surface area contributed by atoms with Crippen LogP contribution >= 0.6 is 11.3 Å². The van der Waals surface area contributed by atoms with Crippen LogP contribution < -0.4 is 0 Å². The van der Waals surface area contributed by atoms with E-state index in [2.05, 4.69) is 18.8 Å². The molecule has 0 saturated heterocycles. The fourth-order valence-electron chi connectivity index (χ4n) is 1.53. The van der Waals surface area contributed by atoms with E-state index >= 15 is 0 Å². The number of hydrogen-bond acceptors (Lipinski definition) is 4. The number of aromatic nitrogens is 1. The van der Waals surface area contributed by atoms with Crippen LogP contribution in [0.3, 0.4) is 0 Å². The van der Waals surface area contributed by atoms with Gasteiger partial charge in [-0.1, -0.05) is 13.8 Å². The lowest BCUT2D eigenvalue weighted by molar-refractivity contribution is 0.0696. The number of carboxylic acids is 1. The van der Waals surface area contributed by atoms with E-state index in [0.29, 0.717) is 17.4 Å². The van der Waals surface area contributed by atoms with E-state index in [4.69, 9.17) is 9.52 Å². The first-order valence-electron chi connectivity index (χ1n) is 5.83. The summed E-state index contributed by atoms with van der Waals surface area (Å²) < 4.78 is 5.21. The van der Waals surface area contributed by atoms with Gasteiger partial charge >= 0.3 is 5.97 Å². The Hall–Kier alpha value is -1.62. The smallest absolute Gasteiger partial charge is 0.338 e. The lowest BCUT2D eigenvalue weighted by Crippen LogP contribution is -1.92. The first kappa shape index (κ1) is 12.8. The van der Waals surface area contributed by atoms with E-state index in [-0.39, 0.29) is 5.56 Å². The average molecular weight is 265 g/mol. The topological polar surface area (TPSA) is 63.3 Å². The molecule has 0 amide bonds. The predicted octanol–water partition coefficient (Wildman–Crippen LogP) is 3.69. The lowest BCUT2D eigenvalue weighted by atomic mass is 10.1. The zero-order chi connectivity index (χ0) is 13.1. The van der Waals surface area contributed by atoms with E-state index in [1.807, 2.05) is 5.38 Å². The minimum Gasteiger partial charge on any atom is -0.478 e. The second-order valence-corrected chi connectivity index (χ2v) is 5.51. The highest BCUT2D eigenvalue weighted by Crippen LogP contribution is 2.25. The van der Waals surface area contributed by atoms with E-state index < -0.39 is 5.97 Å². The number of rotatable bonds is 5. The Morgan fingerprint density at radius 1 is 1.56 bits per heavy atom. The first-order valence-corrected chi connectivity index (χ1v) is 6.71. The molecule has 18 heavy (non-hydrogen) atoms. The molecule has 0 spiro atoms. The standard InChI is InChI=1S/C13H15NO3S/c1-8(2)3-4-12-14-10(7-18-12)11-5-9(6-17-11)13(15)16/h5-8H,3-4H2,1-2H3,(H,15,16). The molecule has 2 rings (SSSR count). The number of nitrogens with zero attached hydrogens (tertiary/aromatic N) is 1. The summed E-state index contributed by atoms with van der Waals surface area (Å²) in [6.45, 7) is 4.36. The molecule has 0 radical (unpaired) electrons. The minimum absolute atomic E-state index is 0.154. The SMILES string of the molecule is CC(C)CCc1nc(-c2cc(C(=O)O)co2)cs1. The highest BCUT2D eigenvalue weighted by Gasteiger charge is 2.12. The van der Waals surface area contributed by atoms with Crippen molar-refractivity contribution < 1.29 is 14.3 Å². The van der Waals surface area contributed by atoms with Crippen molar-refractivity contribution in [3.05, 3.63) is 28.3 Å².